The first kappa shape index (κ1) is 22.7. The topological polar surface area (TPSA) is 70.6 Å². The molecule has 1 fully saturated rings. The van der Waals surface area contributed by atoms with E-state index >= 15 is 0 Å². The van der Waals surface area contributed by atoms with Crippen LogP contribution in [0, 0.1) is 5.82 Å². The molecule has 1 aromatic heterocycles. The van der Waals surface area contributed by atoms with Crippen LogP contribution < -0.4 is 4.31 Å². The predicted molar refractivity (Wildman–Crippen MR) is 116 cm³/mol. The number of ketones is 1. The van der Waals surface area contributed by atoms with E-state index in [9.17, 15) is 17.6 Å². The highest BCUT2D eigenvalue weighted by Gasteiger charge is 2.25. The van der Waals surface area contributed by atoms with Gasteiger partial charge in [0.1, 0.15) is 5.82 Å². The standard InChI is InChI=1S/C21H25ClFN3O3S/c1-16(27)17-5-6-18(24-14-17)15-26(19-7-8-21(23)20(22)13-19)30(28,29)12-4-11-25-9-2-3-10-25/h5-8,13-14H,2-4,9-12,15H2,1H3. The fourth-order valence-electron chi connectivity index (χ4n) is 3.45. The van der Waals surface area contributed by atoms with E-state index in [1.54, 1.807) is 12.1 Å². The van der Waals surface area contributed by atoms with Crippen molar-refractivity contribution in [2.24, 2.45) is 0 Å². The maximum Gasteiger partial charge on any atom is 0.235 e. The number of rotatable bonds is 9. The first-order valence-electron chi connectivity index (χ1n) is 9.90. The number of nitrogens with zero attached hydrogens (tertiary/aromatic N) is 3. The Morgan fingerprint density at radius 1 is 1.23 bits per heavy atom. The average Bonchev–Trinajstić information content (AvgIpc) is 3.22. The van der Waals surface area contributed by atoms with Gasteiger partial charge >= 0.3 is 0 Å². The summed E-state index contributed by atoms with van der Waals surface area (Å²) in [6, 6.07) is 7.08. The molecule has 0 saturated carbocycles. The number of likely N-dealkylation sites (tertiary alicyclic amines) is 1. The van der Waals surface area contributed by atoms with E-state index in [2.05, 4.69) is 9.88 Å². The molecular formula is C21H25ClFN3O3S. The van der Waals surface area contributed by atoms with Crippen molar-refractivity contribution in [1.29, 1.82) is 0 Å². The van der Waals surface area contributed by atoms with Crippen molar-refractivity contribution in [1.82, 2.24) is 9.88 Å². The molecule has 0 unspecified atom stereocenters. The zero-order valence-electron chi connectivity index (χ0n) is 16.9. The van der Waals surface area contributed by atoms with Gasteiger partial charge in [0.2, 0.25) is 10.0 Å². The Kier molecular flexibility index (Phi) is 7.44. The zero-order chi connectivity index (χ0) is 21.7. The Morgan fingerprint density at radius 3 is 2.57 bits per heavy atom. The molecule has 1 aliphatic heterocycles. The lowest BCUT2D eigenvalue weighted by Gasteiger charge is -2.25. The molecule has 0 radical (unpaired) electrons. The summed E-state index contributed by atoms with van der Waals surface area (Å²) >= 11 is 5.90. The van der Waals surface area contributed by atoms with Gasteiger partial charge in [-0.1, -0.05) is 11.6 Å². The lowest BCUT2D eigenvalue weighted by molar-refractivity contribution is 0.101. The third kappa shape index (κ3) is 5.77. The van der Waals surface area contributed by atoms with Gasteiger partial charge < -0.3 is 4.90 Å². The van der Waals surface area contributed by atoms with E-state index in [1.165, 1.54) is 29.6 Å². The summed E-state index contributed by atoms with van der Waals surface area (Å²) in [6.07, 6.45) is 4.22. The SMILES string of the molecule is CC(=O)c1ccc(CN(c2ccc(F)c(Cl)c2)S(=O)(=O)CCCN2CCCC2)nc1. The van der Waals surface area contributed by atoms with Crippen LogP contribution in [0.4, 0.5) is 10.1 Å². The Bertz CT molecular complexity index is 993. The Hall–Kier alpha value is -2.03. The fourth-order valence-corrected chi connectivity index (χ4v) is 5.10. The molecule has 6 nitrogen and oxygen atoms in total. The number of anilines is 1. The molecule has 9 heteroatoms. The van der Waals surface area contributed by atoms with Crippen molar-refractivity contribution in [3.63, 3.8) is 0 Å². The molecule has 0 aliphatic carbocycles. The highest BCUT2D eigenvalue weighted by atomic mass is 35.5. The summed E-state index contributed by atoms with van der Waals surface area (Å²) in [6.45, 7) is 4.14. The molecule has 0 bridgehead atoms. The van der Waals surface area contributed by atoms with Gasteiger partial charge in [0.25, 0.3) is 0 Å². The van der Waals surface area contributed by atoms with Gasteiger partial charge in [-0.25, -0.2) is 12.8 Å². The minimum Gasteiger partial charge on any atom is -0.303 e. The second kappa shape index (κ2) is 9.85. The van der Waals surface area contributed by atoms with Gasteiger partial charge in [-0.3, -0.25) is 14.1 Å². The molecule has 1 saturated heterocycles. The number of hydrogen-bond donors (Lipinski definition) is 0. The van der Waals surface area contributed by atoms with Crippen LogP contribution in [0.5, 0.6) is 0 Å². The Balaban J connectivity index is 1.82. The van der Waals surface area contributed by atoms with E-state index in [-0.39, 0.29) is 28.8 Å². The number of hydrogen-bond acceptors (Lipinski definition) is 5. The highest BCUT2D eigenvalue weighted by molar-refractivity contribution is 7.92. The van der Waals surface area contributed by atoms with Crippen molar-refractivity contribution < 1.29 is 17.6 Å². The summed E-state index contributed by atoms with van der Waals surface area (Å²) in [4.78, 5) is 17.9. The van der Waals surface area contributed by atoms with Gasteiger partial charge in [-0.15, -0.1) is 0 Å². The van der Waals surface area contributed by atoms with Crippen LogP contribution in [0.15, 0.2) is 36.5 Å². The van der Waals surface area contributed by atoms with E-state index < -0.39 is 15.8 Å². The Morgan fingerprint density at radius 2 is 1.97 bits per heavy atom. The number of halogens is 2. The lowest BCUT2D eigenvalue weighted by Crippen LogP contribution is -2.34. The summed E-state index contributed by atoms with van der Waals surface area (Å²) < 4.78 is 41.2. The first-order valence-corrected chi connectivity index (χ1v) is 11.9. The quantitative estimate of drug-likeness (QED) is 0.538. The molecule has 3 rings (SSSR count). The smallest absolute Gasteiger partial charge is 0.235 e. The number of pyridine rings is 1. The van der Waals surface area contributed by atoms with Crippen molar-refractivity contribution in [2.45, 2.75) is 32.7 Å². The maximum absolute atomic E-state index is 13.6. The summed E-state index contributed by atoms with van der Waals surface area (Å²) in [7, 11) is -3.70. The molecule has 1 aliphatic rings. The third-order valence-electron chi connectivity index (χ3n) is 5.14. The van der Waals surface area contributed by atoms with E-state index in [0.29, 0.717) is 17.7 Å². The molecule has 0 atom stereocenters. The van der Waals surface area contributed by atoms with Gasteiger partial charge in [-0.05, 0) is 76.2 Å². The summed E-state index contributed by atoms with van der Waals surface area (Å²) in [5.41, 5.74) is 1.20. The Labute approximate surface area is 181 Å². The van der Waals surface area contributed by atoms with Gasteiger partial charge in [-0.2, -0.15) is 0 Å². The second-order valence-corrected chi connectivity index (χ2v) is 9.84. The van der Waals surface area contributed by atoms with E-state index in [4.69, 9.17) is 11.6 Å². The monoisotopic (exact) mass is 453 g/mol. The molecular weight excluding hydrogens is 429 g/mol. The molecule has 1 aromatic carbocycles. The van der Waals surface area contributed by atoms with Crippen LogP contribution >= 0.6 is 11.6 Å². The average molecular weight is 454 g/mol. The number of carbonyl (C=O) groups is 1. The van der Waals surface area contributed by atoms with Gasteiger partial charge in [0.05, 0.1) is 28.7 Å². The molecule has 2 aromatic rings. The van der Waals surface area contributed by atoms with Crippen LogP contribution in [0.2, 0.25) is 5.02 Å². The van der Waals surface area contributed by atoms with Crippen molar-refractivity contribution >= 4 is 33.1 Å². The van der Waals surface area contributed by atoms with Gasteiger partial charge in [0.15, 0.2) is 5.78 Å². The number of sulfonamides is 1. The van der Waals surface area contributed by atoms with Crippen LogP contribution in [0.25, 0.3) is 0 Å². The third-order valence-corrected chi connectivity index (χ3v) is 7.24. The van der Waals surface area contributed by atoms with E-state index in [0.717, 1.165) is 38.5 Å². The molecule has 30 heavy (non-hydrogen) atoms. The van der Waals surface area contributed by atoms with Crippen LogP contribution in [-0.2, 0) is 16.6 Å². The first-order chi connectivity index (χ1) is 14.3. The fraction of sp³-hybridized carbons (Fsp3) is 0.429. The number of aromatic nitrogens is 1. The van der Waals surface area contributed by atoms with Crippen molar-refractivity contribution in [2.75, 3.05) is 29.7 Å². The van der Waals surface area contributed by atoms with Crippen molar-refractivity contribution in [3.05, 3.63) is 58.6 Å². The number of carbonyl (C=O) groups excluding carboxylic acids is 1. The zero-order valence-corrected chi connectivity index (χ0v) is 18.4. The summed E-state index contributed by atoms with van der Waals surface area (Å²) in [5.74, 6) is -0.772. The molecule has 0 N–H and O–H groups in total. The van der Waals surface area contributed by atoms with Gasteiger partial charge in [0, 0.05) is 11.8 Å². The number of benzene rings is 1. The minimum atomic E-state index is -3.70. The highest BCUT2D eigenvalue weighted by Crippen LogP contribution is 2.27. The maximum atomic E-state index is 13.6. The molecule has 0 spiro atoms. The van der Waals surface area contributed by atoms with Crippen LogP contribution in [-0.4, -0.2) is 49.5 Å². The van der Waals surface area contributed by atoms with Crippen LogP contribution in [0.1, 0.15) is 42.2 Å². The normalized spacial score (nSPS) is 14.8. The number of Topliss-reactive ketones (excluding diaryl/α,β-unsaturated/α-hetero) is 1. The lowest BCUT2D eigenvalue weighted by atomic mass is 10.2. The minimum absolute atomic E-state index is 0.0355. The second-order valence-electron chi connectivity index (χ2n) is 7.42. The predicted octanol–water partition coefficient (Wildman–Crippen LogP) is 3.90. The molecule has 0 amide bonds. The largest absolute Gasteiger partial charge is 0.303 e. The van der Waals surface area contributed by atoms with E-state index in [1.807, 2.05) is 0 Å². The molecule has 162 valence electrons. The molecule has 2 heterocycles. The summed E-state index contributed by atoms with van der Waals surface area (Å²) in [5, 5.41) is -0.148. The van der Waals surface area contributed by atoms with Crippen LogP contribution in [0.3, 0.4) is 0 Å². The van der Waals surface area contributed by atoms with Crippen molar-refractivity contribution in [3.8, 4) is 0 Å².